The normalized spacial score (nSPS) is 28.5. The van der Waals surface area contributed by atoms with Crippen LogP contribution < -0.4 is 20.1 Å². The first-order chi connectivity index (χ1) is 24.2. The minimum Gasteiger partial charge on any atom is -0.445 e. The summed E-state index contributed by atoms with van der Waals surface area (Å²) in [6.07, 6.45) is 6.57. The maximum Gasteiger partial charge on any atom is 0.394 e. The lowest BCUT2D eigenvalue weighted by Gasteiger charge is -2.30. The summed E-state index contributed by atoms with van der Waals surface area (Å²) in [5.74, 6) is -1.69. The number of hydrogen-bond donors (Lipinski definition) is 3. The van der Waals surface area contributed by atoms with Crippen molar-refractivity contribution in [3.63, 3.8) is 0 Å². The number of benzene rings is 1. The van der Waals surface area contributed by atoms with Crippen LogP contribution in [0.5, 0.6) is 6.08 Å². The lowest BCUT2D eigenvalue weighted by molar-refractivity contribution is -0.140. The van der Waals surface area contributed by atoms with E-state index in [9.17, 15) is 22.8 Å². The topological polar surface area (TPSA) is 173 Å². The van der Waals surface area contributed by atoms with E-state index in [4.69, 9.17) is 14.1 Å². The first-order valence-corrected chi connectivity index (χ1v) is 20.5. The molecule has 3 N–H and O–H groups in total. The van der Waals surface area contributed by atoms with Crippen molar-refractivity contribution in [1.29, 1.82) is 0 Å². The minimum atomic E-state index is -3.92. The van der Waals surface area contributed by atoms with Crippen molar-refractivity contribution in [2.75, 3.05) is 11.9 Å². The molecular weight excluding hydrogens is 693 g/mol. The Balaban J connectivity index is 1.17. The minimum absolute atomic E-state index is 0.0425. The molecule has 0 unspecified atom stereocenters. The molecule has 15 heteroatoms. The van der Waals surface area contributed by atoms with Crippen LogP contribution in [0.2, 0.25) is 0 Å². The molecule has 2 aliphatic carbocycles. The first kappa shape index (κ1) is 35.7. The number of carbonyl (C=O) groups is 3. The number of nitrogens with one attached hydrogen (secondary N) is 3. The van der Waals surface area contributed by atoms with Crippen molar-refractivity contribution in [2.45, 2.75) is 132 Å². The molecule has 0 spiro atoms. The van der Waals surface area contributed by atoms with E-state index in [0.29, 0.717) is 48.3 Å². The maximum absolute atomic E-state index is 14.6. The zero-order chi connectivity index (χ0) is 36.2. The van der Waals surface area contributed by atoms with Crippen molar-refractivity contribution >= 4 is 55.3 Å². The van der Waals surface area contributed by atoms with Gasteiger partial charge in [0.2, 0.25) is 21.8 Å². The average molecular weight is 741 g/mol. The molecule has 2 aliphatic heterocycles. The molecule has 2 saturated carbocycles. The van der Waals surface area contributed by atoms with Crippen molar-refractivity contribution in [1.82, 2.24) is 24.9 Å². The van der Waals surface area contributed by atoms with Gasteiger partial charge >= 0.3 is 6.08 Å². The van der Waals surface area contributed by atoms with Crippen LogP contribution in [0.25, 0.3) is 11.1 Å². The molecule has 2 saturated heterocycles. The molecule has 3 aromatic rings. The van der Waals surface area contributed by atoms with Gasteiger partial charge in [-0.1, -0.05) is 65.0 Å². The van der Waals surface area contributed by atoms with Crippen molar-refractivity contribution in [2.24, 2.45) is 5.92 Å². The second-order valence-corrected chi connectivity index (χ2v) is 19.1. The Kier molecular flexibility index (Phi) is 9.34. The smallest absolute Gasteiger partial charge is 0.394 e. The number of anilines is 1. The molecule has 13 nitrogen and oxygen atoms in total. The molecule has 0 bridgehead atoms. The summed E-state index contributed by atoms with van der Waals surface area (Å²) < 4.78 is 39.6. The highest BCUT2D eigenvalue weighted by Crippen LogP contribution is 2.49. The second-order valence-electron chi connectivity index (χ2n) is 16.0. The zero-order valence-corrected chi connectivity index (χ0v) is 31.3. The van der Waals surface area contributed by atoms with Gasteiger partial charge in [0.05, 0.1) is 17.0 Å². The summed E-state index contributed by atoms with van der Waals surface area (Å²) >= 11 is 1.45. The van der Waals surface area contributed by atoms with E-state index in [0.717, 1.165) is 37.8 Å². The van der Waals surface area contributed by atoms with Crippen LogP contribution in [-0.2, 0) is 29.8 Å². The summed E-state index contributed by atoms with van der Waals surface area (Å²) in [7, 11) is -3.92. The average Bonchev–Trinajstić information content (AvgIpc) is 3.73. The Bertz CT molecular complexity index is 1880. The number of para-hydroxylation sites is 2. The molecule has 4 fully saturated rings. The SMILES string of the molecule is CC(C)(C)c1csc(N[C@H]2CCCCCCC[C@@H]3C[C@@]3(C(=O)NS(=O)(=O)C3(C)CC3)NC(=O)[C@@H]3C[C@@H](Oc4nc5ccccc5o4)CN3C2=O)n1. The molecule has 276 valence electrons. The largest absolute Gasteiger partial charge is 0.445 e. The van der Waals surface area contributed by atoms with Gasteiger partial charge < -0.3 is 24.7 Å². The van der Waals surface area contributed by atoms with E-state index in [1.54, 1.807) is 13.0 Å². The number of thiazole rings is 1. The number of sulfonamides is 1. The Morgan fingerprint density at radius 3 is 2.51 bits per heavy atom. The van der Waals surface area contributed by atoms with Gasteiger partial charge in [0.25, 0.3) is 5.91 Å². The number of nitrogens with zero attached hydrogens (tertiary/aromatic N) is 3. The molecule has 4 heterocycles. The predicted octanol–water partition coefficient (Wildman–Crippen LogP) is 5.03. The van der Waals surface area contributed by atoms with E-state index in [1.807, 2.05) is 23.6 Å². The van der Waals surface area contributed by atoms with Crippen molar-refractivity contribution in [3.05, 3.63) is 35.3 Å². The number of carbonyl (C=O) groups excluding carboxylic acids is 3. The van der Waals surface area contributed by atoms with Crippen LogP contribution in [0, 0.1) is 5.92 Å². The van der Waals surface area contributed by atoms with E-state index in [1.165, 1.54) is 16.2 Å². The van der Waals surface area contributed by atoms with Gasteiger partial charge in [-0.15, -0.1) is 11.3 Å². The summed E-state index contributed by atoms with van der Waals surface area (Å²) in [5, 5.41) is 9.01. The number of fused-ring (bicyclic) bond motifs is 3. The molecule has 0 radical (unpaired) electrons. The number of ether oxygens (including phenoxy) is 1. The van der Waals surface area contributed by atoms with E-state index >= 15 is 0 Å². The first-order valence-electron chi connectivity index (χ1n) is 18.1. The number of oxazole rings is 1. The fraction of sp³-hybridized carbons (Fsp3) is 0.639. The maximum atomic E-state index is 14.6. The fourth-order valence-corrected chi connectivity index (χ4v) is 9.53. The van der Waals surface area contributed by atoms with Gasteiger partial charge in [0.15, 0.2) is 10.7 Å². The Morgan fingerprint density at radius 2 is 1.80 bits per heavy atom. The van der Waals surface area contributed by atoms with Gasteiger partial charge in [-0.3, -0.25) is 19.1 Å². The molecule has 7 rings (SSSR count). The number of hydrogen-bond acceptors (Lipinski definition) is 11. The molecule has 1 aromatic carbocycles. The third-order valence-corrected chi connectivity index (χ3v) is 13.9. The van der Waals surface area contributed by atoms with Crippen LogP contribution in [0.3, 0.4) is 0 Å². The lowest BCUT2D eigenvalue weighted by Crippen LogP contribution is -2.58. The quantitative estimate of drug-likeness (QED) is 0.298. The van der Waals surface area contributed by atoms with Gasteiger partial charge in [-0.05, 0) is 57.1 Å². The molecular formula is C36H48N6O7S2. The van der Waals surface area contributed by atoms with Gasteiger partial charge in [0.1, 0.15) is 29.2 Å². The number of rotatable bonds is 7. The summed E-state index contributed by atoms with van der Waals surface area (Å²) in [6.45, 7) is 7.98. The van der Waals surface area contributed by atoms with Crippen LogP contribution in [-0.4, -0.2) is 76.0 Å². The summed E-state index contributed by atoms with van der Waals surface area (Å²) in [6, 6.07) is 5.64. The monoisotopic (exact) mass is 740 g/mol. The highest BCUT2D eigenvalue weighted by atomic mass is 32.2. The highest BCUT2D eigenvalue weighted by molar-refractivity contribution is 7.91. The van der Waals surface area contributed by atoms with E-state index < -0.39 is 50.3 Å². The van der Waals surface area contributed by atoms with Gasteiger partial charge in [-0.25, -0.2) is 13.4 Å². The predicted molar refractivity (Wildman–Crippen MR) is 193 cm³/mol. The number of aromatic nitrogens is 2. The Morgan fingerprint density at radius 1 is 1.08 bits per heavy atom. The third kappa shape index (κ3) is 7.33. The van der Waals surface area contributed by atoms with Crippen molar-refractivity contribution in [3.8, 4) is 6.08 Å². The second kappa shape index (κ2) is 13.4. The Labute approximate surface area is 302 Å². The van der Waals surface area contributed by atoms with Crippen LogP contribution in [0.15, 0.2) is 34.1 Å². The number of amides is 3. The summed E-state index contributed by atoms with van der Waals surface area (Å²) in [5.41, 5.74) is 0.572. The van der Waals surface area contributed by atoms with E-state index in [-0.39, 0.29) is 36.3 Å². The molecule has 51 heavy (non-hydrogen) atoms. The van der Waals surface area contributed by atoms with E-state index in [2.05, 4.69) is 41.1 Å². The fourth-order valence-electron chi connectivity index (χ4n) is 7.23. The van der Waals surface area contributed by atoms with Crippen LogP contribution in [0.4, 0.5) is 5.13 Å². The Hall–Kier alpha value is -3.72. The van der Waals surface area contributed by atoms with Gasteiger partial charge in [-0.2, -0.15) is 4.98 Å². The zero-order valence-electron chi connectivity index (χ0n) is 29.7. The lowest BCUT2D eigenvalue weighted by atomic mass is 9.93. The molecule has 4 aliphatic rings. The standard InChI is InChI=1S/C36H48N6O7S2/c1-34(2,3)28-21-50-32(39-28)37-25-14-9-7-5-6-8-12-22-19-36(22,31(45)41-51(46,47)35(4)16-17-35)40-29(43)26-18-23(20-42(26)30(25)44)48-33-38-24-13-10-11-15-27(24)49-33/h10-11,13,15,21-23,25-26H,5-9,12,14,16-20H2,1-4H3,(H,37,39)(H,40,43)(H,41,45)/t22-,23-,25+,26+,36-/m1/s1. The van der Waals surface area contributed by atoms with Crippen LogP contribution in [0.1, 0.15) is 104 Å². The third-order valence-electron chi connectivity index (χ3n) is 11.0. The van der Waals surface area contributed by atoms with Crippen LogP contribution >= 0.6 is 11.3 Å². The molecule has 2 aromatic heterocycles. The summed E-state index contributed by atoms with van der Waals surface area (Å²) in [4.78, 5) is 53.5. The molecule has 3 amide bonds. The van der Waals surface area contributed by atoms with Gasteiger partial charge in [0, 0.05) is 17.2 Å². The molecule has 5 atom stereocenters. The van der Waals surface area contributed by atoms with Crippen molar-refractivity contribution < 1.29 is 32.0 Å². The highest BCUT2D eigenvalue weighted by Gasteiger charge is 2.63.